The number of benzene rings is 1. The number of nitrogens with one attached hydrogen (secondary N) is 1. The van der Waals surface area contributed by atoms with Gasteiger partial charge in [-0.25, -0.2) is 4.39 Å². The summed E-state index contributed by atoms with van der Waals surface area (Å²) in [5.41, 5.74) is 0.115. The second kappa shape index (κ2) is 6.47. The Labute approximate surface area is 116 Å². The van der Waals surface area contributed by atoms with Crippen molar-refractivity contribution in [3.8, 4) is 0 Å². The molecule has 2 rings (SSSR count). The second-order valence-corrected chi connectivity index (χ2v) is 4.54. The standard InChI is InChI=1S/C14H17FN2O3/c1-2-17-7-8-20-14(19)12(17)9-13(18)16-11-6-4-3-5-10(11)15/h3-6,12H,2,7-9H2,1H3,(H,16,18)/t12-/m1/s1. The van der Waals surface area contributed by atoms with Gasteiger partial charge in [-0.15, -0.1) is 0 Å². The second-order valence-electron chi connectivity index (χ2n) is 4.54. The van der Waals surface area contributed by atoms with Crippen molar-refractivity contribution in [2.45, 2.75) is 19.4 Å². The zero-order valence-corrected chi connectivity index (χ0v) is 11.3. The van der Waals surface area contributed by atoms with Gasteiger partial charge < -0.3 is 10.1 Å². The summed E-state index contributed by atoms with van der Waals surface area (Å²) in [6, 6.07) is 5.32. The number of carbonyl (C=O) groups excluding carboxylic acids is 2. The number of hydrogen-bond donors (Lipinski definition) is 1. The average Bonchev–Trinajstić information content (AvgIpc) is 2.43. The van der Waals surface area contributed by atoms with E-state index >= 15 is 0 Å². The largest absolute Gasteiger partial charge is 0.463 e. The minimum Gasteiger partial charge on any atom is -0.463 e. The molecule has 1 atom stereocenters. The van der Waals surface area contributed by atoms with E-state index < -0.39 is 23.7 Å². The normalized spacial score (nSPS) is 19.5. The van der Waals surface area contributed by atoms with Crippen LogP contribution in [-0.2, 0) is 14.3 Å². The van der Waals surface area contributed by atoms with Gasteiger partial charge in [0, 0.05) is 6.54 Å². The molecule has 1 amide bonds. The molecule has 20 heavy (non-hydrogen) atoms. The summed E-state index contributed by atoms with van der Waals surface area (Å²) in [5.74, 6) is -1.31. The molecule has 1 heterocycles. The van der Waals surface area contributed by atoms with Crippen molar-refractivity contribution in [3.63, 3.8) is 0 Å². The first-order valence-corrected chi connectivity index (χ1v) is 6.57. The number of carbonyl (C=O) groups is 2. The van der Waals surface area contributed by atoms with Gasteiger partial charge in [0.25, 0.3) is 0 Å². The molecule has 0 aliphatic carbocycles. The molecule has 0 saturated carbocycles. The van der Waals surface area contributed by atoms with Crippen molar-refractivity contribution in [2.75, 3.05) is 25.0 Å². The van der Waals surface area contributed by atoms with Crippen LogP contribution in [0.4, 0.5) is 10.1 Å². The molecule has 108 valence electrons. The number of likely N-dealkylation sites (N-methyl/N-ethyl adjacent to an activating group) is 1. The van der Waals surface area contributed by atoms with Crippen LogP contribution in [0.2, 0.25) is 0 Å². The van der Waals surface area contributed by atoms with E-state index in [1.807, 2.05) is 11.8 Å². The van der Waals surface area contributed by atoms with Crippen LogP contribution >= 0.6 is 0 Å². The lowest BCUT2D eigenvalue weighted by Crippen LogP contribution is -2.50. The summed E-state index contributed by atoms with van der Waals surface area (Å²) >= 11 is 0. The number of ether oxygens (including phenoxy) is 1. The third kappa shape index (κ3) is 3.33. The maximum absolute atomic E-state index is 13.4. The highest BCUT2D eigenvalue weighted by Crippen LogP contribution is 2.16. The topological polar surface area (TPSA) is 58.6 Å². The van der Waals surface area contributed by atoms with E-state index in [4.69, 9.17) is 4.74 Å². The summed E-state index contributed by atoms with van der Waals surface area (Å²) in [6.45, 7) is 3.53. The highest BCUT2D eigenvalue weighted by molar-refractivity contribution is 5.94. The van der Waals surface area contributed by atoms with Crippen molar-refractivity contribution in [1.29, 1.82) is 0 Å². The predicted octanol–water partition coefficient (Wildman–Crippen LogP) is 1.40. The molecule has 0 radical (unpaired) electrons. The van der Waals surface area contributed by atoms with Gasteiger partial charge in [0.2, 0.25) is 5.91 Å². The van der Waals surface area contributed by atoms with Gasteiger partial charge in [-0.1, -0.05) is 19.1 Å². The summed E-state index contributed by atoms with van der Waals surface area (Å²) in [7, 11) is 0. The Bertz CT molecular complexity index is 507. The van der Waals surface area contributed by atoms with Gasteiger partial charge >= 0.3 is 5.97 Å². The number of para-hydroxylation sites is 1. The summed E-state index contributed by atoms with van der Waals surface area (Å²) in [4.78, 5) is 25.5. The third-order valence-corrected chi connectivity index (χ3v) is 3.27. The Balaban J connectivity index is 2.00. The number of halogens is 1. The number of morpholine rings is 1. The van der Waals surface area contributed by atoms with E-state index in [2.05, 4.69) is 5.32 Å². The first-order chi connectivity index (χ1) is 9.61. The Kier molecular flexibility index (Phi) is 4.68. The minimum atomic E-state index is -0.597. The fourth-order valence-electron chi connectivity index (χ4n) is 2.19. The molecular weight excluding hydrogens is 263 g/mol. The quantitative estimate of drug-likeness (QED) is 0.847. The lowest BCUT2D eigenvalue weighted by atomic mass is 10.1. The molecule has 0 bridgehead atoms. The molecule has 1 N–H and O–H groups in total. The monoisotopic (exact) mass is 280 g/mol. The van der Waals surface area contributed by atoms with Crippen LogP contribution in [0.15, 0.2) is 24.3 Å². The number of nitrogens with zero attached hydrogens (tertiary/aromatic N) is 1. The SMILES string of the molecule is CCN1CCOC(=O)[C@H]1CC(=O)Nc1ccccc1F. The highest BCUT2D eigenvalue weighted by Gasteiger charge is 2.32. The van der Waals surface area contributed by atoms with Crippen molar-refractivity contribution in [2.24, 2.45) is 0 Å². The molecule has 6 heteroatoms. The van der Waals surface area contributed by atoms with Crippen molar-refractivity contribution in [3.05, 3.63) is 30.1 Å². The molecule has 1 aliphatic heterocycles. The third-order valence-electron chi connectivity index (χ3n) is 3.27. The number of rotatable bonds is 4. The van der Waals surface area contributed by atoms with Crippen LogP contribution < -0.4 is 5.32 Å². The molecule has 0 spiro atoms. The Morgan fingerprint density at radius 3 is 2.95 bits per heavy atom. The number of amides is 1. The van der Waals surface area contributed by atoms with Gasteiger partial charge in [0.1, 0.15) is 18.5 Å². The van der Waals surface area contributed by atoms with Crippen LogP contribution in [0.5, 0.6) is 0 Å². The van der Waals surface area contributed by atoms with E-state index in [0.717, 1.165) is 0 Å². The van der Waals surface area contributed by atoms with Crippen LogP contribution in [-0.4, -0.2) is 42.5 Å². The predicted molar refractivity (Wildman–Crippen MR) is 71.6 cm³/mol. The summed E-state index contributed by atoms with van der Waals surface area (Å²) in [5, 5.41) is 2.47. The number of anilines is 1. The number of esters is 1. The van der Waals surface area contributed by atoms with E-state index in [1.54, 1.807) is 12.1 Å². The summed E-state index contributed by atoms with van der Waals surface area (Å²) in [6.07, 6.45) is -0.0407. The van der Waals surface area contributed by atoms with E-state index in [-0.39, 0.29) is 12.1 Å². The van der Waals surface area contributed by atoms with Gasteiger partial charge in [0.15, 0.2) is 0 Å². The molecule has 0 aromatic heterocycles. The smallest absolute Gasteiger partial charge is 0.323 e. The van der Waals surface area contributed by atoms with Gasteiger partial charge in [-0.2, -0.15) is 0 Å². The molecular formula is C14H17FN2O3. The van der Waals surface area contributed by atoms with E-state index in [1.165, 1.54) is 12.1 Å². The molecule has 1 aliphatic rings. The maximum Gasteiger partial charge on any atom is 0.323 e. The Morgan fingerprint density at radius 1 is 1.50 bits per heavy atom. The lowest BCUT2D eigenvalue weighted by Gasteiger charge is -2.32. The molecule has 1 aromatic rings. The lowest BCUT2D eigenvalue weighted by molar-refractivity contribution is -0.158. The van der Waals surface area contributed by atoms with Crippen LogP contribution in [0.1, 0.15) is 13.3 Å². The zero-order chi connectivity index (χ0) is 14.5. The van der Waals surface area contributed by atoms with Crippen molar-refractivity contribution in [1.82, 2.24) is 4.90 Å². The van der Waals surface area contributed by atoms with Gasteiger partial charge in [0.05, 0.1) is 12.1 Å². The fourth-order valence-corrected chi connectivity index (χ4v) is 2.19. The highest BCUT2D eigenvalue weighted by atomic mass is 19.1. The Hall–Kier alpha value is -1.95. The molecule has 0 unspecified atom stereocenters. The minimum absolute atomic E-state index is 0.0407. The van der Waals surface area contributed by atoms with E-state index in [0.29, 0.717) is 19.7 Å². The zero-order valence-electron chi connectivity index (χ0n) is 11.3. The first-order valence-electron chi connectivity index (χ1n) is 6.57. The molecule has 1 aromatic carbocycles. The van der Waals surface area contributed by atoms with Crippen LogP contribution in [0, 0.1) is 5.82 Å². The maximum atomic E-state index is 13.4. The molecule has 1 fully saturated rings. The van der Waals surface area contributed by atoms with Gasteiger partial charge in [-0.05, 0) is 18.7 Å². The summed E-state index contributed by atoms with van der Waals surface area (Å²) < 4.78 is 18.4. The number of hydrogen-bond acceptors (Lipinski definition) is 4. The van der Waals surface area contributed by atoms with Crippen LogP contribution in [0.3, 0.4) is 0 Å². The number of cyclic esters (lactones) is 1. The average molecular weight is 280 g/mol. The van der Waals surface area contributed by atoms with E-state index in [9.17, 15) is 14.0 Å². The first kappa shape index (κ1) is 14.5. The molecule has 1 saturated heterocycles. The van der Waals surface area contributed by atoms with Crippen molar-refractivity contribution >= 4 is 17.6 Å². The Morgan fingerprint density at radius 2 is 2.25 bits per heavy atom. The fraction of sp³-hybridized carbons (Fsp3) is 0.429. The molecule has 5 nitrogen and oxygen atoms in total. The van der Waals surface area contributed by atoms with Crippen LogP contribution in [0.25, 0.3) is 0 Å². The van der Waals surface area contributed by atoms with Crippen molar-refractivity contribution < 1.29 is 18.7 Å². The van der Waals surface area contributed by atoms with Gasteiger partial charge in [-0.3, -0.25) is 14.5 Å².